The highest BCUT2D eigenvalue weighted by atomic mass is 35.5. The standard InChI is InChI=1S/C13H18ClN3O2/c1-8(2)6-11(17-13(15)19)12(18)16-10-5-3-4-9(14)7-10/h3-5,7-8,11H,6H2,1-2H3,(H,16,18)(H3,15,17,19)/t11-/m1/s1. The number of carbonyl (C=O) groups excluding carboxylic acids is 2. The Bertz CT molecular complexity index is 463. The molecular weight excluding hydrogens is 266 g/mol. The molecule has 0 bridgehead atoms. The molecule has 6 heteroatoms. The van der Waals surface area contributed by atoms with Crippen LogP contribution in [0.1, 0.15) is 20.3 Å². The van der Waals surface area contributed by atoms with Gasteiger partial charge in [-0.3, -0.25) is 4.79 Å². The van der Waals surface area contributed by atoms with Crippen molar-refractivity contribution < 1.29 is 9.59 Å². The Morgan fingerprint density at radius 3 is 2.58 bits per heavy atom. The third-order valence-electron chi connectivity index (χ3n) is 2.43. The SMILES string of the molecule is CC(C)C[C@@H](NC(N)=O)C(=O)Nc1cccc(Cl)c1. The van der Waals surface area contributed by atoms with Gasteiger partial charge in [0.1, 0.15) is 6.04 Å². The van der Waals surface area contributed by atoms with E-state index < -0.39 is 12.1 Å². The van der Waals surface area contributed by atoms with Gasteiger partial charge in [-0.05, 0) is 30.5 Å². The molecule has 0 heterocycles. The summed E-state index contributed by atoms with van der Waals surface area (Å²) in [6.07, 6.45) is 0.509. The molecule has 19 heavy (non-hydrogen) atoms. The number of amides is 3. The van der Waals surface area contributed by atoms with Crippen LogP contribution in [0, 0.1) is 5.92 Å². The first-order chi connectivity index (χ1) is 8.88. The maximum Gasteiger partial charge on any atom is 0.312 e. The van der Waals surface area contributed by atoms with Gasteiger partial charge in [-0.2, -0.15) is 0 Å². The quantitative estimate of drug-likeness (QED) is 0.775. The van der Waals surface area contributed by atoms with Crippen LogP contribution in [0.3, 0.4) is 0 Å². The van der Waals surface area contributed by atoms with Crippen molar-refractivity contribution >= 4 is 29.2 Å². The lowest BCUT2D eigenvalue weighted by Crippen LogP contribution is -2.46. The average Bonchev–Trinajstić information content (AvgIpc) is 2.26. The summed E-state index contributed by atoms with van der Waals surface area (Å²) in [5.74, 6) is -0.0586. The van der Waals surface area contributed by atoms with Crippen LogP contribution in [0.25, 0.3) is 0 Å². The lowest BCUT2D eigenvalue weighted by atomic mass is 10.0. The first kappa shape index (κ1) is 15.3. The molecule has 0 saturated heterocycles. The zero-order valence-electron chi connectivity index (χ0n) is 10.9. The fourth-order valence-corrected chi connectivity index (χ4v) is 1.86. The molecular formula is C13H18ClN3O2. The minimum Gasteiger partial charge on any atom is -0.352 e. The van der Waals surface area contributed by atoms with Gasteiger partial charge in [-0.25, -0.2) is 4.79 Å². The lowest BCUT2D eigenvalue weighted by molar-refractivity contribution is -0.118. The number of rotatable bonds is 5. The highest BCUT2D eigenvalue weighted by Gasteiger charge is 2.21. The molecule has 0 fully saturated rings. The average molecular weight is 284 g/mol. The Kier molecular flexibility index (Phi) is 5.63. The molecule has 0 aliphatic rings. The lowest BCUT2D eigenvalue weighted by Gasteiger charge is -2.19. The van der Waals surface area contributed by atoms with Crippen molar-refractivity contribution in [3.63, 3.8) is 0 Å². The molecule has 0 aliphatic heterocycles. The smallest absolute Gasteiger partial charge is 0.312 e. The van der Waals surface area contributed by atoms with E-state index in [1.807, 2.05) is 13.8 Å². The third kappa shape index (κ3) is 5.61. The maximum absolute atomic E-state index is 12.1. The van der Waals surface area contributed by atoms with Crippen molar-refractivity contribution in [3.8, 4) is 0 Å². The van der Waals surface area contributed by atoms with Crippen LogP contribution < -0.4 is 16.4 Å². The third-order valence-corrected chi connectivity index (χ3v) is 2.67. The number of primary amides is 1. The van der Waals surface area contributed by atoms with Gasteiger partial charge in [0.15, 0.2) is 0 Å². The van der Waals surface area contributed by atoms with Crippen LogP contribution >= 0.6 is 11.6 Å². The summed E-state index contributed by atoms with van der Waals surface area (Å²) in [6.45, 7) is 3.92. The molecule has 5 nitrogen and oxygen atoms in total. The summed E-state index contributed by atoms with van der Waals surface area (Å²) in [5.41, 5.74) is 5.65. The number of hydrogen-bond donors (Lipinski definition) is 3. The fraction of sp³-hybridized carbons (Fsp3) is 0.385. The largest absolute Gasteiger partial charge is 0.352 e. The number of nitrogens with one attached hydrogen (secondary N) is 2. The molecule has 104 valence electrons. The molecule has 0 spiro atoms. The van der Waals surface area contributed by atoms with Crippen LogP contribution in [0.4, 0.5) is 10.5 Å². The maximum atomic E-state index is 12.1. The van der Waals surface area contributed by atoms with E-state index in [0.29, 0.717) is 17.1 Å². The van der Waals surface area contributed by atoms with Crippen molar-refractivity contribution in [2.24, 2.45) is 11.7 Å². The van der Waals surface area contributed by atoms with Crippen LogP contribution in [-0.2, 0) is 4.79 Å². The molecule has 1 rings (SSSR count). The molecule has 0 aromatic heterocycles. The van der Waals surface area contributed by atoms with E-state index in [4.69, 9.17) is 17.3 Å². The second kappa shape index (κ2) is 6.99. The normalized spacial score (nSPS) is 12.0. The summed E-state index contributed by atoms with van der Waals surface area (Å²) < 4.78 is 0. The Morgan fingerprint density at radius 2 is 2.05 bits per heavy atom. The number of hydrogen-bond acceptors (Lipinski definition) is 2. The summed E-state index contributed by atoms with van der Waals surface area (Å²) in [5, 5.41) is 5.67. The van der Waals surface area contributed by atoms with E-state index in [1.54, 1.807) is 24.3 Å². The molecule has 4 N–H and O–H groups in total. The molecule has 0 saturated carbocycles. The monoisotopic (exact) mass is 283 g/mol. The summed E-state index contributed by atoms with van der Waals surface area (Å²) in [4.78, 5) is 23.0. The van der Waals surface area contributed by atoms with Gasteiger partial charge in [0.25, 0.3) is 0 Å². The molecule has 0 aliphatic carbocycles. The van der Waals surface area contributed by atoms with Crippen molar-refractivity contribution in [2.45, 2.75) is 26.3 Å². The Labute approximate surface area is 117 Å². The van der Waals surface area contributed by atoms with Gasteiger partial charge in [0, 0.05) is 10.7 Å². The van der Waals surface area contributed by atoms with E-state index in [0.717, 1.165) is 0 Å². The van der Waals surface area contributed by atoms with Crippen LogP contribution in [-0.4, -0.2) is 18.0 Å². The zero-order valence-corrected chi connectivity index (χ0v) is 11.7. The first-order valence-electron chi connectivity index (χ1n) is 6.01. The first-order valence-corrected chi connectivity index (χ1v) is 6.38. The second-order valence-corrected chi connectivity index (χ2v) is 5.13. The molecule has 0 unspecified atom stereocenters. The highest BCUT2D eigenvalue weighted by molar-refractivity contribution is 6.30. The summed E-state index contributed by atoms with van der Waals surface area (Å²) >= 11 is 5.84. The second-order valence-electron chi connectivity index (χ2n) is 4.69. The van der Waals surface area contributed by atoms with Crippen molar-refractivity contribution in [3.05, 3.63) is 29.3 Å². The van der Waals surface area contributed by atoms with Gasteiger partial charge in [-0.1, -0.05) is 31.5 Å². The van der Waals surface area contributed by atoms with Crippen LogP contribution in [0.15, 0.2) is 24.3 Å². The van der Waals surface area contributed by atoms with E-state index in [1.165, 1.54) is 0 Å². The topological polar surface area (TPSA) is 84.2 Å². The number of nitrogens with two attached hydrogens (primary N) is 1. The molecule has 1 aromatic carbocycles. The van der Waals surface area contributed by atoms with E-state index in [9.17, 15) is 9.59 Å². The Morgan fingerprint density at radius 1 is 1.37 bits per heavy atom. The zero-order chi connectivity index (χ0) is 14.4. The molecule has 1 aromatic rings. The summed E-state index contributed by atoms with van der Waals surface area (Å²) in [6, 6.07) is 5.43. The van der Waals surface area contributed by atoms with Gasteiger partial charge in [0.2, 0.25) is 5.91 Å². The van der Waals surface area contributed by atoms with Gasteiger partial charge < -0.3 is 16.4 Å². The number of urea groups is 1. The Hall–Kier alpha value is -1.75. The molecule has 0 radical (unpaired) electrons. The Balaban J connectivity index is 2.73. The minimum absolute atomic E-state index is 0.252. The number of anilines is 1. The van der Waals surface area contributed by atoms with Crippen molar-refractivity contribution in [1.29, 1.82) is 0 Å². The predicted molar refractivity (Wildman–Crippen MR) is 76.0 cm³/mol. The van der Waals surface area contributed by atoms with E-state index in [2.05, 4.69) is 10.6 Å². The van der Waals surface area contributed by atoms with E-state index >= 15 is 0 Å². The predicted octanol–water partition coefficient (Wildman–Crippen LogP) is 2.36. The van der Waals surface area contributed by atoms with Crippen LogP contribution in [0.5, 0.6) is 0 Å². The number of halogens is 1. The van der Waals surface area contributed by atoms with Crippen LogP contribution in [0.2, 0.25) is 5.02 Å². The van der Waals surface area contributed by atoms with Gasteiger partial charge >= 0.3 is 6.03 Å². The van der Waals surface area contributed by atoms with Crippen molar-refractivity contribution in [1.82, 2.24) is 5.32 Å². The van der Waals surface area contributed by atoms with Crippen molar-refractivity contribution in [2.75, 3.05) is 5.32 Å². The molecule has 3 amide bonds. The van der Waals surface area contributed by atoms with E-state index in [-0.39, 0.29) is 11.8 Å². The minimum atomic E-state index is -0.716. The fourth-order valence-electron chi connectivity index (χ4n) is 1.67. The summed E-state index contributed by atoms with van der Waals surface area (Å²) in [7, 11) is 0. The van der Waals surface area contributed by atoms with Gasteiger partial charge in [0.05, 0.1) is 0 Å². The van der Waals surface area contributed by atoms with Gasteiger partial charge in [-0.15, -0.1) is 0 Å². The number of carbonyl (C=O) groups is 2. The number of benzene rings is 1. The molecule has 1 atom stereocenters. The highest BCUT2D eigenvalue weighted by Crippen LogP contribution is 2.16.